The zero-order chi connectivity index (χ0) is 26.3. The number of nitrogens with zero attached hydrogens (tertiary/aromatic N) is 1. The highest BCUT2D eigenvalue weighted by Crippen LogP contribution is 2.32. The molecule has 0 spiro atoms. The van der Waals surface area contributed by atoms with E-state index in [1.165, 1.54) is 23.4 Å². The van der Waals surface area contributed by atoms with E-state index in [0.29, 0.717) is 22.6 Å². The van der Waals surface area contributed by atoms with Gasteiger partial charge in [0.1, 0.15) is 0 Å². The Morgan fingerprint density at radius 2 is 1.61 bits per heavy atom. The normalized spacial score (nSPS) is 14.3. The standard InChI is InChI=1S/C27H31ClN2O5S/c1-3-26(21-7-5-4-6-8-21)30(36(34,35)24-15-13-23(28)14-16-24)17-20-9-11-22(12-10-20)27(33)29-25(18-31)19(2)32/h4-16,19,25-26,31-32H,3,17-18H2,1-2H3,(H,29,33)/t19-,25-,26+/m1/s1. The molecule has 1 amide bonds. The minimum Gasteiger partial charge on any atom is -0.394 e. The summed E-state index contributed by atoms with van der Waals surface area (Å²) in [6.07, 6.45) is -0.354. The molecule has 9 heteroatoms. The number of nitrogens with one attached hydrogen (secondary N) is 1. The quantitative estimate of drug-likeness (QED) is 0.345. The number of amides is 1. The van der Waals surface area contributed by atoms with Gasteiger partial charge < -0.3 is 15.5 Å². The molecule has 3 aromatic carbocycles. The third-order valence-electron chi connectivity index (χ3n) is 5.99. The maximum atomic E-state index is 13.8. The van der Waals surface area contributed by atoms with Crippen LogP contribution in [0.1, 0.15) is 47.8 Å². The molecule has 0 fully saturated rings. The van der Waals surface area contributed by atoms with E-state index in [1.54, 1.807) is 36.4 Å². The fourth-order valence-corrected chi connectivity index (χ4v) is 5.70. The van der Waals surface area contributed by atoms with Gasteiger partial charge in [0.05, 0.1) is 29.7 Å². The topological polar surface area (TPSA) is 107 Å². The van der Waals surface area contributed by atoms with Gasteiger partial charge in [-0.25, -0.2) is 8.42 Å². The minimum absolute atomic E-state index is 0.0905. The maximum Gasteiger partial charge on any atom is 0.251 e. The molecular formula is C27H31ClN2O5S. The van der Waals surface area contributed by atoms with Crippen molar-refractivity contribution in [1.82, 2.24) is 9.62 Å². The lowest BCUT2D eigenvalue weighted by molar-refractivity contribution is 0.0758. The third kappa shape index (κ3) is 6.72. The van der Waals surface area contributed by atoms with Crippen molar-refractivity contribution >= 4 is 27.5 Å². The maximum absolute atomic E-state index is 13.8. The summed E-state index contributed by atoms with van der Waals surface area (Å²) < 4.78 is 29.0. The van der Waals surface area contributed by atoms with Crippen LogP contribution in [0.4, 0.5) is 0 Å². The molecule has 7 nitrogen and oxygen atoms in total. The second-order valence-electron chi connectivity index (χ2n) is 8.54. The summed E-state index contributed by atoms with van der Waals surface area (Å²) in [5, 5.41) is 22.0. The van der Waals surface area contributed by atoms with Crippen molar-refractivity contribution in [2.75, 3.05) is 6.61 Å². The van der Waals surface area contributed by atoms with Gasteiger partial charge in [0.2, 0.25) is 10.0 Å². The van der Waals surface area contributed by atoms with Crippen LogP contribution in [0.25, 0.3) is 0 Å². The fraction of sp³-hybridized carbons (Fsp3) is 0.296. The molecular weight excluding hydrogens is 500 g/mol. The van der Waals surface area contributed by atoms with Crippen molar-refractivity contribution in [3.05, 3.63) is 101 Å². The van der Waals surface area contributed by atoms with Gasteiger partial charge in [0.15, 0.2) is 0 Å². The van der Waals surface area contributed by atoms with Gasteiger partial charge in [0.25, 0.3) is 5.91 Å². The van der Waals surface area contributed by atoms with Gasteiger partial charge >= 0.3 is 0 Å². The second-order valence-corrected chi connectivity index (χ2v) is 10.9. The third-order valence-corrected chi connectivity index (χ3v) is 8.11. The van der Waals surface area contributed by atoms with Crippen LogP contribution in [0, 0.1) is 0 Å². The molecule has 3 N–H and O–H groups in total. The van der Waals surface area contributed by atoms with Gasteiger partial charge in [-0.1, -0.05) is 61.0 Å². The molecule has 0 aromatic heterocycles. The van der Waals surface area contributed by atoms with E-state index in [0.717, 1.165) is 5.56 Å². The van der Waals surface area contributed by atoms with Crippen LogP contribution in [-0.4, -0.2) is 47.6 Å². The van der Waals surface area contributed by atoms with Crippen LogP contribution in [0.2, 0.25) is 5.02 Å². The second kappa shape index (κ2) is 12.5. The molecule has 0 saturated carbocycles. The number of carbonyl (C=O) groups excluding carboxylic acids is 1. The number of carbonyl (C=O) groups is 1. The van der Waals surface area contributed by atoms with Gasteiger partial charge in [0, 0.05) is 17.1 Å². The summed E-state index contributed by atoms with van der Waals surface area (Å²) in [4.78, 5) is 12.7. The average molecular weight is 531 g/mol. The number of aliphatic hydroxyl groups excluding tert-OH is 2. The molecule has 192 valence electrons. The molecule has 0 heterocycles. The Bertz CT molecular complexity index is 1230. The van der Waals surface area contributed by atoms with Crippen LogP contribution >= 0.6 is 11.6 Å². The van der Waals surface area contributed by atoms with E-state index in [4.69, 9.17) is 11.6 Å². The summed E-state index contributed by atoms with van der Waals surface area (Å²) in [5.41, 5.74) is 1.91. The largest absolute Gasteiger partial charge is 0.394 e. The Balaban J connectivity index is 1.93. The first kappa shape index (κ1) is 27.8. The SMILES string of the molecule is CC[C@@H](c1ccccc1)N(Cc1ccc(C(=O)N[C@H](CO)[C@@H](C)O)cc1)S(=O)(=O)c1ccc(Cl)cc1. The molecule has 0 bridgehead atoms. The first-order chi connectivity index (χ1) is 17.2. The lowest BCUT2D eigenvalue weighted by Crippen LogP contribution is -2.44. The summed E-state index contributed by atoms with van der Waals surface area (Å²) in [6, 6.07) is 21.0. The summed E-state index contributed by atoms with van der Waals surface area (Å²) >= 11 is 5.99. The molecule has 3 aromatic rings. The van der Waals surface area contributed by atoms with Gasteiger partial charge in [-0.3, -0.25) is 4.79 Å². The molecule has 0 unspecified atom stereocenters. The van der Waals surface area contributed by atoms with E-state index >= 15 is 0 Å². The fourth-order valence-electron chi connectivity index (χ4n) is 3.90. The van der Waals surface area contributed by atoms with E-state index in [1.807, 2.05) is 37.3 Å². The van der Waals surface area contributed by atoms with E-state index < -0.39 is 40.7 Å². The molecule has 0 radical (unpaired) electrons. The van der Waals surface area contributed by atoms with Gasteiger partial charge in [-0.15, -0.1) is 0 Å². The Hall–Kier alpha value is -2.75. The predicted octanol–water partition coefficient (Wildman–Crippen LogP) is 4.15. The molecule has 0 aliphatic carbocycles. The van der Waals surface area contributed by atoms with Gasteiger partial charge in [-0.05, 0) is 60.9 Å². The lowest BCUT2D eigenvalue weighted by Gasteiger charge is -2.31. The van der Waals surface area contributed by atoms with Crippen LogP contribution in [0.3, 0.4) is 0 Å². The number of halogens is 1. The minimum atomic E-state index is -3.89. The van der Waals surface area contributed by atoms with Crippen molar-refractivity contribution in [3.8, 4) is 0 Å². The van der Waals surface area contributed by atoms with E-state index in [-0.39, 0.29) is 11.4 Å². The number of hydrogen-bond acceptors (Lipinski definition) is 5. The highest BCUT2D eigenvalue weighted by molar-refractivity contribution is 7.89. The predicted molar refractivity (Wildman–Crippen MR) is 140 cm³/mol. The van der Waals surface area contributed by atoms with Crippen LogP contribution in [0.5, 0.6) is 0 Å². The van der Waals surface area contributed by atoms with Crippen molar-refractivity contribution < 1.29 is 23.4 Å². The first-order valence-electron chi connectivity index (χ1n) is 11.7. The number of aliphatic hydroxyl groups is 2. The van der Waals surface area contributed by atoms with Crippen molar-refractivity contribution in [1.29, 1.82) is 0 Å². The summed E-state index contributed by atoms with van der Waals surface area (Å²) in [7, 11) is -3.89. The molecule has 3 rings (SSSR count). The number of sulfonamides is 1. The van der Waals surface area contributed by atoms with E-state index in [9.17, 15) is 23.4 Å². The molecule has 0 aliphatic rings. The van der Waals surface area contributed by atoms with Crippen LogP contribution in [0.15, 0.2) is 83.8 Å². The average Bonchev–Trinajstić information content (AvgIpc) is 2.88. The Morgan fingerprint density at radius 1 is 1.00 bits per heavy atom. The Kier molecular flexibility index (Phi) is 9.64. The Labute approximate surface area is 217 Å². The smallest absolute Gasteiger partial charge is 0.251 e. The van der Waals surface area contributed by atoms with Crippen molar-refractivity contribution in [2.24, 2.45) is 0 Å². The highest BCUT2D eigenvalue weighted by atomic mass is 35.5. The van der Waals surface area contributed by atoms with E-state index in [2.05, 4.69) is 5.32 Å². The zero-order valence-corrected chi connectivity index (χ0v) is 21.8. The van der Waals surface area contributed by atoms with Crippen molar-refractivity contribution in [2.45, 2.75) is 49.9 Å². The van der Waals surface area contributed by atoms with Crippen LogP contribution < -0.4 is 5.32 Å². The van der Waals surface area contributed by atoms with Gasteiger partial charge in [-0.2, -0.15) is 4.31 Å². The number of benzene rings is 3. The van der Waals surface area contributed by atoms with Crippen molar-refractivity contribution in [3.63, 3.8) is 0 Å². The zero-order valence-electron chi connectivity index (χ0n) is 20.2. The lowest BCUT2D eigenvalue weighted by atomic mass is 10.0. The first-order valence-corrected chi connectivity index (χ1v) is 13.5. The monoisotopic (exact) mass is 530 g/mol. The number of hydrogen-bond donors (Lipinski definition) is 3. The molecule has 36 heavy (non-hydrogen) atoms. The highest BCUT2D eigenvalue weighted by Gasteiger charge is 2.32. The molecule has 0 saturated heterocycles. The summed E-state index contributed by atoms with van der Waals surface area (Å²) in [5.74, 6) is -0.442. The summed E-state index contributed by atoms with van der Waals surface area (Å²) in [6.45, 7) is 3.12. The number of rotatable bonds is 11. The molecule has 3 atom stereocenters. The molecule has 0 aliphatic heterocycles. The van der Waals surface area contributed by atoms with Crippen LogP contribution in [-0.2, 0) is 16.6 Å². The Morgan fingerprint density at radius 3 is 2.14 bits per heavy atom.